The fourth-order valence-corrected chi connectivity index (χ4v) is 2.88. The second-order valence-electron chi connectivity index (χ2n) is 6.07. The van der Waals surface area contributed by atoms with Crippen molar-refractivity contribution < 1.29 is 4.79 Å². The number of halogens is 1. The molecule has 1 amide bonds. The normalized spacial score (nSPS) is 27.2. The van der Waals surface area contributed by atoms with Gasteiger partial charge in [0.1, 0.15) is 0 Å². The molecule has 16 heavy (non-hydrogen) atoms. The Morgan fingerprint density at radius 1 is 1.25 bits per heavy atom. The molecule has 2 unspecified atom stereocenters. The summed E-state index contributed by atoms with van der Waals surface area (Å²) in [7, 11) is 0. The molecule has 3 heteroatoms. The van der Waals surface area contributed by atoms with Crippen molar-refractivity contribution in [3.05, 3.63) is 0 Å². The summed E-state index contributed by atoms with van der Waals surface area (Å²) in [5.41, 5.74) is 0.0800. The van der Waals surface area contributed by atoms with E-state index in [-0.39, 0.29) is 11.3 Å². The van der Waals surface area contributed by atoms with Crippen LogP contribution in [-0.2, 0) is 4.79 Å². The Balaban J connectivity index is 2.42. The van der Waals surface area contributed by atoms with Crippen molar-refractivity contribution >= 4 is 21.8 Å². The number of hydrogen-bond acceptors (Lipinski definition) is 1. The first-order valence-corrected chi connectivity index (χ1v) is 7.23. The van der Waals surface area contributed by atoms with Crippen LogP contribution in [0.15, 0.2) is 0 Å². The molecule has 1 fully saturated rings. The second kappa shape index (κ2) is 6.04. The largest absolute Gasteiger partial charge is 0.352 e. The van der Waals surface area contributed by atoms with E-state index in [9.17, 15) is 4.79 Å². The minimum Gasteiger partial charge on any atom is -0.352 e. The Morgan fingerprint density at radius 3 is 2.50 bits per heavy atom. The van der Waals surface area contributed by atoms with E-state index in [0.717, 1.165) is 6.42 Å². The second-order valence-corrected chi connectivity index (χ2v) is 7.24. The molecule has 1 saturated carbocycles. The van der Waals surface area contributed by atoms with Crippen LogP contribution < -0.4 is 5.32 Å². The number of rotatable bonds is 2. The fourth-order valence-electron chi connectivity index (χ4n) is 2.16. The maximum absolute atomic E-state index is 11.9. The van der Waals surface area contributed by atoms with Crippen molar-refractivity contribution in [2.45, 2.75) is 70.2 Å². The molecule has 1 N–H and O–H groups in total. The van der Waals surface area contributed by atoms with E-state index in [0.29, 0.717) is 17.3 Å². The highest BCUT2D eigenvalue weighted by atomic mass is 79.9. The number of nitrogens with one attached hydrogen (secondary N) is 1. The van der Waals surface area contributed by atoms with Crippen LogP contribution in [0.25, 0.3) is 0 Å². The highest BCUT2D eigenvalue weighted by Gasteiger charge is 2.24. The molecule has 2 nitrogen and oxygen atoms in total. The van der Waals surface area contributed by atoms with Crippen LogP contribution in [0.5, 0.6) is 0 Å². The van der Waals surface area contributed by atoms with E-state index in [2.05, 4.69) is 42.0 Å². The molecule has 0 aliphatic heterocycles. The lowest BCUT2D eigenvalue weighted by molar-refractivity contribution is -0.123. The molecule has 0 aromatic heterocycles. The standard InChI is InChI=1S/C13H24BrNO/c1-13(2,3)9-12(16)15-11-8-6-4-5-7-10(11)14/h10-11H,4-9H2,1-3H3,(H,15,16). The molecule has 0 radical (unpaired) electrons. The highest BCUT2D eigenvalue weighted by Crippen LogP contribution is 2.24. The topological polar surface area (TPSA) is 29.1 Å². The lowest BCUT2D eigenvalue weighted by Crippen LogP contribution is -2.41. The van der Waals surface area contributed by atoms with Crippen molar-refractivity contribution in [1.29, 1.82) is 0 Å². The fraction of sp³-hybridized carbons (Fsp3) is 0.923. The molecule has 0 aromatic rings. The van der Waals surface area contributed by atoms with E-state index in [1.165, 1.54) is 25.7 Å². The van der Waals surface area contributed by atoms with Gasteiger partial charge < -0.3 is 5.32 Å². The summed E-state index contributed by atoms with van der Waals surface area (Å²) in [6, 6.07) is 0.331. The van der Waals surface area contributed by atoms with Gasteiger partial charge in [-0.2, -0.15) is 0 Å². The summed E-state index contributed by atoms with van der Waals surface area (Å²) >= 11 is 3.70. The van der Waals surface area contributed by atoms with Gasteiger partial charge in [-0.05, 0) is 18.3 Å². The first-order chi connectivity index (χ1) is 7.38. The van der Waals surface area contributed by atoms with Crippen molar-refractivity contribution in [2.75, 3.05) is 0 Å². The third-order valence-corrected chi connectivity index (χ3v) is 4.06. The Bertz CT molecular complexity index is 235. The molecule has 0 bridgehead atoms. The number of carbonyl (C=O) groups excluding carboxylic acids is 1. The molecule has 0 spiro atoms. The first-order valence-electron chi connectivity index (χ1n) is 6.32. The molecule has 0 aromatic carbocycles. The number of amides is 1. The van der Waals surface area contributed by atoms with Crippen LogP contribution in [0.2, 0.25) is 0 Å². The van der Waals surface area contributed by atoms with Crippen LogP contribution in [0, 0.1) is 5.41 Å². The Morgan fingerprint density at radius 2 is 1.88 bits per heavy atom. The lowest BCUT2D eigenvalue weighted by Gasteiger charge is -2.24. The summed E-state index contributed by atoms with van der Waals surface area (Å²) in [5, 5.41) is 3.18. The van der Waals surface area contributed by atoms with Gasteiger partial charge in [-0.3, -0.25) is 4.79 Å². The van der Waals surface area contributed by atoms with Crippen LogP contribution in [0.4, 0.5) is 0 Å². The van der Waals surface area contributed by atoms with Crippen LogP contribution >= 0.6 is 15.9 Å². The molecule has 1 aliphatic carbocycles. The first kappa shape index (κ1) is 14.0. The Kier molecular flexibility index (Phi) is 5.29. The minimum atomic E-state index is 0.0800. The van der Waals surface area contributed by atoms with E-state index in [4.69, 9.17) is 0 Å². The van der Waals surface area contributed by atoms with Gasteiger partial charge in [-0.25, -0.2) is 0 Å². The van der Waals surface area contributed by atoms with Gasteiger partial charge in [-0.15, -0.1) is 0 Å². The number of hydrogen-bond donors (Lipinski definition) is 1. The Hall–Kier alpha value is -0.0500. The molecule has 1 aliphatic rings. The van der Waals surface area contributed by atoms with Crippen molar-refractivity contribution in [1.82, 2.24) is 5.32 Å². The predicted octanol–water partition coefficient (Wildman–Crippen LogP) is 3.64. The molecule has 0 saturated heterocycles. The van der Waals surface area contributed by atoms with Crippen molar-refractivity contribution in [3.8, 4) is 0 Å². The monoisotopic (exact) mass is 289 g/mol. The third kappa shape index (κ3) is 5.33. The number of carbonyl (C=O) groups is 1. The zero-order valence-corrected chi connectivity index (χ0v) is 12.3. The maximum Gasteiger partial charge on any atom is 0.220 e. The molecule has 94 valence electrons. The van der Waals surface area contributed by atoms with E-state index in [1.807, 2.05) is 0 Å². The highest BCUT2D eigenvalue weighted by molar-refractivity contribution is 9.09. The summed E-state index contributed by atoms with van der Waals surface area (Å²) in [6.07, 6.45) is 6.73. The summed E-state index contributed by atoms with van der Waals surface area (Å²) in [5.74, 6) is 0.198. The van der Waals surface area contributed by atoms with Gasteiger partial charge in [-0.1, -0.05) is 56.0 Å². The zero-order valence-electron chi connectivity index (χ0n) is 10.7. The summed E-state index contributed by atoms with van der Waals surface area (Å²) in [6.45, 7) is 6.31. The van der Waals surface area contributed by atoms with Gasteiger partial charge in [0, 0.05) is 17.3 Å². The van der Waals surface area contributed by atoms with Crippen LogP contribution in [0.3, 0.4) is 0 Å². The zero-order chi connectivity index (χ0) is 12.2. The van der Waals surface area contributed by atoms with Gasteiger partial charge in [0.25, 0.3) is 0 Å². The number of alkyl halides is 1. The molecule has 2 atom stereocenters. The summed E-state index contributed by atoms with van der Waals surface area (Å²) < 4.78 is 0. The lowest BCUT2D eigenvalue weighted by atomic mass is 9.91. The van der Waals surface area contributed by atoms with E-state index >= 15 is 0 Å². The van der Waals surface area contributed by atoms with Crippen LogP contribution in [0.1, 0.15) is 59.3 Å². The average Bonchev–Trinajstić information content (AvgIpc) is 2.29. The van der Waals surface area contributed by atoms with Gasteiger partial charge in [0.2, 0.25) is 5.91 Å². The quantitative estimate of drug-likeness (QED) is 0.610. The molecule has 0 heterocycles. The van der Waals surface area contributed by atoms with Gasteiger partial charge in [0.15, 0.2) is 0 Å². The molecular formula is C13H24BrNO. The van der Waals surface area contributed by atoms with E-state index < -0.39 is 0 Å². The molecular weight excluding hydrogens is 266 g/mol. The summed E-state index contributed by atoms with van der Waals surface area (Å²) in [4.78, 5) is 12.3. The van der Waals surface area contributed by atoms with Crippen molar-refractivity contribution in [2.24, 2.45) is 5.41 Å². The smallest absolute Gasteiger partial charge is 0.220 e. The van der Waals surface area contributed by atoms with Gasteiger partial charge >= 0.3 is 0 Å². The van der Waals surface area contributed by atoms with Gasteiger partial charge in [0.05, 0.1) is 0 Å². The minimum absolute atomic E-state index is 0.0800. The van der Waals surface area contributed by atoms with Crippen molar-refractivity contribution in [3.63, 3.8) is 0 Å². The maximum atomic E-state index is 11.9. The SMILES string of the molecule is CC(C)(C)CC(=O)NC1CCCCCC1Br. The Labute approximate surface area is 108 Å². The molecule has 1 rings (SSSR count). The average molecular weight is 290 g/mol. The third-order valence-electron chi connectivity index (χ3n) is 2.97. The predicted molar refractivity (Wildman–Crippen MR) is 71.8 cm³/mol. The van der Waals surface area contributed by atoms with E-state index in [1.54, 1.807) is 0 Å². The van der Waals surface area contributed by atoms with Crippen LogP contribution in [-0.4, -0.2) is 16.8 Å².